The van der Waals surface area contributed by atoms with Crippen molar-refractivity contribution in [1.82, 2.24) is 18.7 Å². The van der Waals surface area contributed by atoms with Crippen LogP contribution in [0.1, 0.15) is 0 Å². The van der Waals surface area contributed by atoms with Gasteiger partial charge in [0, 0.05) is 81.4 Å². The Hall–Kier alpha value is -0.780. The van der Waals surface area contributed by atoms with Crippen molar-refractivity contribution in [2.45, 2.75) is 0 Å². The predicted octanol–water partition coefficient (Wildman–Crippen LogP) is 2.65. The number of rotatable bonds is 8. The van der Waals surface area contributed by atoms with E-state index in [1.807, 2.05) is 0 Å². The Labute approximate surface area is 260 Å². The first-order valence-corrected chi connectivity index (χ1v) is 20.4. The monoisotopic (exact) mass is 651 g/mol. The average Bonchev–Trinajstić information content (AvgIpc) is 3.09. The van der Waals surface area contributed by atoms with Gasteiger partial charge in [-0.1, -0.05) is 23.6 Å². The lowest BCUT2D eigenvalue weighted by Crippen LogP contribution is -2.46. The Kier molecular flexibility index (Phi) is 10.5. The van der Waals surface area contributed by atoms with E-state index in [-0.39, 0.29) is 0 Å². The molecule has 42 heavy (non-hydrogen) atoms. The third-order valence-electron chi connectivity index (χ3n) is 8.63. The smallest absolute Gasteiger partial charge is 0.107 e. The first-order chi connectivity index (χ1) is 20.5. The van der Waals surface area contributed by atoms with Crippen LogP contribution in [0.5, 0.6) is 0 Å². The van der Waals surface area contributed by atoms with Gasteiger partial charge >= 0.3 is 0 Å². The molecule has 4 fully saturated rings. The molecule has 0 unspecified atom stereocenters. The summed E-state index contributed by atoms with van der Waals surface area (Å²) in [5.41, 5.74) is 2.27. The molecular weight excluding hydrogens is 608 g/mol. The van der Waals surface area contributed by atoms with Gasteiger partial charge in [0.05, 0.1) is 52.9 Å². The standard InChI is InChI=1S/C29H43N5O4P2S2/c1-30(26-2-6-28(7-3-26)39(41,31-10-18-35-19-11-31)32-12-20-36-21-13-32)27-4-8-29(9-5-27)40(42,33-14-22-37-23-15-33)34-16-24-38-25-17-34/h2-9H,10-25H2,1H3. The van der Waals surface area contributed by atoms with E-state index in [4.69, 9.17) is 42.6 Å². The Balaban J connectivity index is 1.23. The number of hydrogen-bond acceptors (Lipinski definition) is 7. The summed E-state index contributed by atoms with van der Waals surface area (Å²) in [6, 6.07) is 17.9. The molecule has 0 radical (unpaired) electrons. The van der Waals surface area contributed by atoms with E-state index < -0.39 is 12.7 Å². The average molecular weight is 652 g/mol. The molecule has 4 aliphatic rings. The van der Waals surface area contributed by atoms with Gasteiger partial charge in [0.15, 0.2) is 0 Å². The molecule has 2 aromatic rings. The summed E-state index contributed by atoms with van der Waals surface area (Å²) in [6.45, 7) is 13.0. The van der Waals surface area contributed by atoms with E-state index >= 15 is 0 Å². The summed E-state index contributed by atoms with van der Waals surface area (Å²) >= 11 is 13.2. The molecule has 2 aromatic carbocycles. The first kappa shape index (κ1) is 31.2. The molecule has 0 spiro atoms. The van der Waals surface area contributed by atoms with Crippen LogP contribution in [-0.2, 0) is 42.6 Å². The molecule has 4 saturated heterocycles. The van der Waals surface area contributed by atoms with Gasteiger partial charge in [0.25, 0.3) is 0 Å². The maximum atomic E-state index is 6.58. The summed E-state index contributed by atoms with van der Waals surface area (Å²) < 4.78 is 32.7. The van der Waals surface area contributed by atoms with Crippen LogP contribution in [0.2, 0.25) is 0 Å². The second-order valence-electron chi connectivity index (χ2n) is 10.9. The molecule has 4 heterocycles. The lowest BCUT2D eigenvalue weighted by atomic mass is 10.2. The zero-order chi connectivity index (χ0) is 29.0. The van der Waals surface area contributed by atoms with E-state index in [1.54, 1.807) is 0 Å². The molecule has 230 valence electrons. The topological polar surface area (TPSA) is 53.1 Å². The quantitative estimate of drug-likeness (QED) is 0.397. The molecular formula is C29H43N5O4P2S2. The van der Waals surface area contributed by atoms with E-state index in [9.17, 15) is 0 Å². The Morgan fingerprint density at radius 3 is 0.952 bits per heavy atom. The molecule has 4 aliphatic heterocycles. The van der Waals surface area contributed by atoms with Crippen LogP contribution in [-0.4, -0.2) is 131 Å². The van der Waals surface area contributed by atoms with E-state index in [0.29, 0.717) is 0 Å². The fraction of sp³-hybridized carbons (Fsp3) is 0.586. The SMILES string of the molecule is CN(c1ccc(P(=S)(N2CCOCC2)N2CCOCC2)cc1)c1ccc(P(=S)(N2CCOCC2)N2CCOCC2)cc1. The number of hydrogen-bond donors (Lipinski definition) is 0. The van der Waals surface area contributed by atoms with Gasteiger partial charge < -0.3 is 23.8 Å². The zero-order valence-corrected chi connectivity index (χ0v) is 27.9. The zero-order valence-electron chi connectivity index (χ0n) is 24.5. The van der Waals surface area contributed by atoms with Gasteiger partial charge in [-0.05, 0) is 48.5 Å². The normalized spacial score (nSPS) is 22.7. The molecule has 13 heteroatoms. The maximum absolute atomic E-state index is 6.58. The molecule has 0 aromatic heterocycles. The lowest BCUT2D eigenvalue weighted by Gasteiger charge is -2.46. The van der Waals surface area contributed by atoms with Gasteiger partial charge in [-0.25, -0.2) is 0 Å². The van der Waals surface area contributed by atoms with Crippen LogP contribution < -0.4 is 15.5 Å². The number of ether oxygens (including phenoxy) is 4. The summed E-state index contributed by atoms with van der Waals surface area (Å²) in [4.78, 5) is 2.24. The van der Waals surface area contributed by atoms with Crippen molar-refractivity contribution >= 4 is 58.3 Å². The lowest BCUT2D eigenvalue weighted by molar-refractivity contribution is 0.0589. The first-order valence-electron chi connectivity index (χ1n) is 15.0. The predicted molar refractivity (Wildman–Crippen MR) is 178 cm³/mol. The molecule has 0 atom stereocenters. The van der Waals surface area contributed by atoms with Gasteiger partial charge in [0.1, 0.15) is 12.7 Å². The van der Waals surface area contributed by atoms with Crippen LogP contribution >= 0.6 is 12.7 Å². The van der Waals surface area contributed by atoms with Crippen LogP contribution in [0.25, 0.3) is 0 Å². The van der Waals surface area contributed by atoms with Crippen LogP contribution in [0.15, 0.2) is 48.5 Å². The van der Waals surface area contributed by atoms with E-state index in [1.165, 1.54) is 10.6 Å². The number of nitrogens with zero attached hydrogens (tertiary/aromatic N) is 5. The molecule has 0 amide bonds. The fourth-order valence-electron chi connectivity index (χ4n) is 6.20. The minimum Gasteiger partial charge on any atom is -0.379 e. The van der Waals surface area contributed by atoms with Crippen molar-refractivity contribution in [3.63, 3.8) is 0 Å². The number of morpholine rings is 4. The van der Waals surface area contributed by atoms with Crippen molar-refractivity contribution in [3.8, 4) is 0 Å². The van der Waals surface area contributed by atoms with Crippen LogP contribution in [0.3, 0.4) is 0 Å². The summed E-state index contributed by atoms with van der Waals surface area (Å²) in [7, 11) is 2.13. The highest BCUT2D eigenvalue weighted by molar-refractivity contribution is 8.16. The third kappa shape index (κ3) is 6.32. The second kappa shape index (κ2) is 14.1. The largest absolute Gasteiger partial charge is 0.379 e. The Morgan fingerprint density at radius 2 is 0.714 bits per heavy atom. The van der Waals surface area contributed by atoms with Crippen molar-refractivity contribution in [2.24, 2.45) is 0 Å². The molecule has 0 N–H and O–H groups in total. The highest BCUT2D eigenvalue weighted by Gasteiger charge is 2.37. The van der Waals surface area contributed by atoms with E-state index in [2.05, 4.69) is 79.2 Å². The van der Waals surface area contributed by atoms with Crippen molar-refractivity contribution in [1.29, 1.82) is 0 Å². The van der Waals surface area contributed by atoms with Gasteiger partial charge in [-0.2, -0.15) is 0 Å². The maximum Gasteiger partial charge on any atom is 0.107 e. The second-order valence-corrected chi connectivity index (χ2v) is 19.5. The minimum atomic E-state index is -2.11. The molecule has 6 rings (SSSR count). The van der Waals surface area contributed by atoms with Gasteiger partial charge in [-0.15, -0.1) is 0 Å². The van der Waals surface area contributed by atoms with Crippen LogP contribution in [0.4, 0.5) is 11.4 Å². The molecule has 0 bridgehead atoms. The highest BCUT2D eigenvalue weighted by atomic mass is 32.4. The fourth-order valence-corrected chi connectivity index (χ4v) is 14.8. The van der Waals surface area contributed by atoms with E-state index in [0.717, 1.165) is 117 Å². The summed E-state index contributed by atoms with van der Waals surface area (Å²) in [5, 5.41) is 2.48. The van der Waals surface area contributed by atoms with Crippen molar-refractivity contribution < 1.29 is 18.9 Å². The van der Waals surface area contributed by atoms with Gasteiger partial charge in [-0.3, -0.25) is 18.7 Å². The number of anilines is 2. The van der Waals surface area contributed by atoms with Crippen molar-refractivity contribution in [3.05, 3.63) is 48.5 Å². The third-order valence-corrected chi connectivity index (χ3v) is 19.3. The molecule has 0 aliphatic carbocycles. The Morgan fingerprint density at radius 1 is 0.476 bits per heavy atom. The molecule has 0 saturated carbocycles. The summed E-state index contributed by atoms with van der Waals surface area (Å²) in [6.07, 6.45) is -4.22. The minimum absolute atomic E-state index is 0.741. The number of benzene rings is 2. The van der Waals surface area contributed by atoms with Crippen molar-refractivity contribution in [2.75, 3.05) is 117 Å². The van der Waals surface area contributed by atoms with Crippen LogP contribution in [0, 0.1) is 0 Å². The van der Waals surface area contributed by atoms with Gasteiger partial charge in [0.2, 0.25) is 0 Å². The summed E-state index contributed by atoms with van der Waals surface area (Å²) in [5.74, 6) is 0. The Bertz CT molecular complexity index is 1120. The highest BCUT2D eigenvalue weighted by Crippen LogP contribution is 2.54. The molecule has 9 nitrogen and oxygen atoms in total.